The van der Waals surface area contributed by atoms with Gasteiger partial charge in [-0.05, 0) is 50.6 Å². The number of ether oxygens (including phenoxy) is 2. The molecule has 47 heavy (non-hydrogen) atoms. The Bertz CT molecular complexity index is 1780. The maximum absolute atomic E-state index is 13.6. The first kappa shape index (κ1) is 32.9. The number of aliphatic hydroxyl groups is 1. The Morgan fingerprint density at radius 1 is 1.04 bits per heavy atom. The van der Waals surface area contributed by atoms with Gasteiger partial charge in [-0.1, -0.05) is 30.3 Å². The molecule has 0 saturated carbocycles. The second kappa shape index (κ2) is 13.5. The molecule has 1 unspecified atom stereocenters. The number of nitrogens with zero attached hydrogens (tertiary/aromatic N) is 4. The molecule has 0 aliphatic carbocycles. The number of hydrogen-bond acceptors (Lipinski definition) is 10. The number of imidazole rings is 1. The molecule has 1 aliphatic rings. The third-order valence-corrected chi connectivity index (χ3v) is 7.09. The lowest BCUT2D eigenvalue weighted by Gasteiger charge is -2.26. The molecule has 3 heterocycles. The monoisotopic (exact) mass is 649 g/mol. The first-order valence-corrected chi connectivity index (χ1v) is 14.5. The van der Waals surface area contributed by atoms with Crippen LogP contribution in [-0.4, -0.2) is 83.5 Å². The Morgan fingerprint density at radius 2 is 1.74 bits per heavy atom. The van der Waals surface area contributed by atoms with Crippen LogP contribution in [0.3, 0.4) is 0 Å². The minimum atomic E-state index is -1.73. The molecule has 3 amide bonds. The fraction of sp³-hybridized carbons (Fsp3) is 0.323. The molecule has 0 radical (unpaired) electrons. The maximum Gasteiger partial charge on any atom is 0.408 e. The lowest BCUT2D eigenvalue weighted by molar-refractivity contribution is -0.152. The number of anilines is 1. The molecule has 1 fully saturated rings. The molecule has 2 aromatic carbocycles. The van der Waals surface area contributed by atoms with E-state index >= 15 is 0 Å². The number of halogens is 1. The number of fused-ring (bicyclic) bond motifs is 1. The van der Waals surface area contributed by atoms with Crippen LogP contribution < -0.4 is 16.0 Å². The van der Waals surface area contributed by atoms with Crippen LogP contribution in [0.5, 0.6) is 0 Å². The largest absolute Gasteiger partial charge is 0.479 e. The van der Waals surface area contributed by atoms with E-state index < -0.39 is 65.8 Å². The number of aromatic nitrogens is 4. The summed E-state index contributed by atoms with van der Waals surface area (Å²) in [6.07, 6.45) is -3.43. The summed E-state index contributed by atoms with van der Waals surface area (Å²) in [5.74, 6) is -3.24. The smallest absolute Gasteiger partial charge is 0.408 e. The van der Waals surface area contributed by atoms with Crippen LogP contribution in [0.1, 0.15) is 42.9 Å². The predicted molar refractivity (Wildman–Crippen MR) is 162 cm³/mol. The van der Waals surface area contributed by atoms with Gasteiger partial charge in [0.15, 0.2) is 29.3 Å². The van der Waals surface area contributed by atoms with Gasteiger partial charge in [0.25, 0.3) is 5.91 Å². The quantitative estimate of drug-likeness (QED) is 0.178. The zero-order chi connectivity index (χ0) is 33.9. The zero-order valence-electron chi connectivity index (χ0n) is 25.5. The number of carboxylic acid groups (broad SMARTS) is 1. The molecule has 1 aliphatic heterocycles. The lowest BCUT2D eigenvalue weighted by atomic mass is 10.0. The molecule has 5 N–H and O–H groups in total. The average molecular weight is 650 g/mol. The minimum absolute atomic E-state index is 0.0616. The summed E-state index contributed by atoms with van der Waals surface area (Å²) in [5, 5.41) is 28.9. The summed E-state index contributed by atoms with van der Waals surface area (Å²) in [6, 6.07) is 10.8. The second-order valence-electron chi connectivity index (χ2n) is 11.7. The number of rotatable bonds is 9. The van der Waals surface area contributed by atoms with Gasteiger partial charge in [-0.3, -0.25) is 14.2 Å². The van der Waals surface area contributed by atoms with E-state index in [4.69, 9.17) is 9.47 Å². The van der Waals surface area contributed by atoms with E-state index in [2.05, 4.69) is 30.9 Å². The minimum Gasteiger partial charge on any atom is -0.479 e. The Kier molecular flexibility index (Phi) is 9.44. The molecular formula is C31H32FN7O8. The standard InChI is InChI=1S/C31H32FN7O8/c1-31(2,3)47-30(45)36-19(13-16-9-11-18(32)12-10-16)27(42)37-20-22(40)28(46-23(20)29(43)44)39-15-35-21-24(33-14-34-25(21)39)38-26(41)17-7-5-4-6-8-17/h4-12,14-15,19-20,22-23,28,40H,13H2,1-3H3,(H,36,45)(H,37,42)(H,43,44)(H,33,34,38,41)/t19?,20-,22+,23-,28+/m0/s1. The third kappa shape index (κ3) is 7.67. The summed E-state index contributed by atoms with van der Waals surface area (Å²) in [5.41, 5.74) is 0.199. The number of aliphatic carboxylic acids is 1. The van der Waals surface area contributed by atoms with Gasteiger partial charge in [-0.25, -0.2) is 28.9 Å². The third-order valence-electron chi connectivity index (χ3n) is 7.09. The van der Waals surface area contributed by atoms with Crippen molar-refractivity contribution in [2.24, 2.45) is 0 Å². The van der Waals surface area contributed by atoms with Crippen LogP contribution in [0.4, 0.5) is 15.0 Å². The van der Waals surface area contributed by atoms with Gasteiger partial charge in [0.1, 0.15) is 29.9 Å². The number of amides is 3. The Labute approximate surface area is 267 Å². The number of carbonyl (C=O) groups excluding carboxylic acids is 3. The number of alkyl carbamates (subject to hydrolysis) is 1. The number of hydrogen-bond donors (Lipinski definition) is 5. The fourth-order valence-corrected chi connectivity index (χ4v) is 4.95. The predicted octanol–water partition coefficient (Wildman–Crippen LogP) is 2.18. The number of benzene rings is 2. The van der Waals surface area contributed by atoms with Crippen molar-refractivity contribution in [3.8, 4) is 0 Å². The van der Waals surface area contributed by atoms with Gasteiger partial charge >= 0.3 is 12.1 Å². The van der Waals surface area contributed by atoms with Crippen molar-refractivity contribution >= 4 is 40.9 Å². The highest BCUT2D eigenvalue weighted by molar-refractivity contribution is 6.06. The van der Waals surface area contributed by atoms with Crippen molar-refractivity contribution in [2.75, 3.05) is 5.32 Å². The first-order valence-electron chi connectivity index (χ1n) is 14.5. The van der Waals surface area contributed by atoms with Crippen LogP contribution >= 0.6 is 0 Å². The van der Waals surface area contributed by atoms with Gasteiger partial charge in [0.05, 0.1) is 12.4 Å². The summed E-state index contributed by atoms with van der Waals surface area (Å²) in [6.45, 7) is 4.91. The molecule has 16 heteroatoms. The normalized spacial score (nSPS) is 19.9. The first-order chi connectivity index (χ1) is 22.3. The topological polar surface area (TPSA) is 207 Å². The van der Waals surface area contributed by atoms with Crippen molar-refractivity contribution in [3.05, 3.63) is 84.2 Å². The highest BCUT2D eigenvalue weighted by Gasteiger charge is 2.50. The van der Waals surface area contributed by atoms with Crippen molar-refractivity contribution in [1.82, 2.24) is 30.2 Å². The average Bonchev–Trinajstić information content (AvgIpc) is 3.59. The number of aliphatic hydroxyl groups excluding tert-OH is 1. The zero-order valence-corrected chi connectivity index (χ0v) is 25.5. The number of carboxylic acids is 1. The van der Waals surface area contributed by atoms with Crippen LogP contribution in [-0.2, 0) is 25.5 Å². The molecule has 2 aromatic heterocycles. The van der Waals surface area contributed by atoms with Gasteiger partial charge in [0.2, 0.25) is 5.91 Å². The van der Waals surface area contributed by atoms with Gasteiger partial charge < -0.3 is 35.6 Å². The van der Waals surface area contributed by atoms with Gasteiger partial charge in [0, 0.05) is 12.0 Å². The Balaban J connectivity index is 1.38. The fourth-order valence-electron chi connectivity index (χ4n) is 4.95. The van der Waals surface area contributed by atoms with Crippen molar-refractivity contribution < 1.29 is 43.3 Å². The highest BCUT2D eigenvalue weighted by Crippen LogP contribution is 2.33. The van der Waals surface area contributed by atoms with Crippen LogP contribution in [0.2, 0.25) is 0 Å². The van der Waals surface area contributed by atoms with E-state index in [0.29, 0.717) is 11.1 Å². The van der Waals surface area contributed by atoms with E-state index in [0.717, 1.165) is 6.33 Å². The Morgan fingerprint density at radius 3 is 2.40 bits per heavy atom. The van der Waals surface area contributed by atoms with E-state index in [1.807, 2.05) is 0 Å². The Hall–Kier alpha value is -5.48. The summed E-state index contributed by atoms with van der Waals surface area (Å²) < 4.78 is 25.8. The molecule has 1 saturated heterocycles. The molecule has 0 spiro atoms. The van der Waals surface area contributed by atoms with E-state index in [-0.39, 0.29) is 23.4 Å². The lowest BCUT2D eigenvalue weighted by Crippen LogP contribution is -2.56. The van der Waals surface area contributed by atoms with Crippen molar-refractivity contribution in [3.63, 3.8) is 0 Å². The number of nitrogens with one attached hydrogen (secondary N) is 3. The molecule has 246 valence electrons. The SMILES string of the molecule is CC(C)(C)OC(=O)NC(Cc1ccc(F)cc1)C(=O)N[C@H]1[C@@H](O)[C@H](n2cnc3c(NC(=O)c4ccccc4)ncnc32)O[C@@H]1C(=O)O. The summed E-state index contributed by atoms with van der Waals surface area (Å²) in [4.78, 5) is 63.7. The highest BCUT2D eigenvalue weighted by atomic mass is 19.1. The molecular weight excluding hydrogens is 617 g/mol. The second-order valence-corrected chi connectivity index (χ2v) is 11.7. The molecule has 5 rings (SSSR count). The summed E-state index contributed by atoms with van der Waals surface area (Å²) in [7, 11) is 0. The van der Waals surface area contributed by atoms with E-state index in [1.165, 1.54) is 35.2 Å². The molecule has 4 aromatic rings. The van der Waals surface area contributed by atoms with Crippen LogP contribution in [0, 0.1) is 5.82 Å². The van der Waals surface area contributed by atoms with Gasteiger partial charge in [-0.2, -0.15) is 0 Å². The van der Waals surface area contributed by atoms with Crippen LogP contribution in [0.15, 0.2) is 67.3 Å². The van der Waals surface area contributed by atoms with Crippen molar-refractivity contribution in [2.45, 2.75) is 63.3 Å². The van der Waals surface area contributed by atoms with E-state index in [9.17, 15) is 33.8 Å². The number of carbonyl (C=O) groups is 4. The van der Waals surface area contributed by atoms with Gasteiger partial charge in [-0.15, -0.1) is 0 Å². The maximum atomic E-state index is 13.6. The summed E-state index contributed by atoms with van der Waals surface area (Å²) >= 11 is 0. The van der Waals surface area contributed by atoms with Crippen molar-refractivity contribution in [1.29, 1.82) is 0 Å². The van der Waals surface area contributed by atoms with E-state index in [1.54, 1.807) is 51.1 Å². The molecule has 5 atom stereocenters. The van der Waals surface area contributed by atoms with Crippen LogP contribution in [0.25, 0.3) is 11.2 Å². The molecule has 15 nitrogen and oxygen atoms in total. The molecule has 0 bridgehead atoms.